The Morgan fingerprint density at radius 3 is 1.85 bits per heavy atom. The molecule has 0 aliphatic rings. The molecule has 7 nitrogen and oxygen atoms in total. The van der Waals surface area contributed by atoms with E-state index in [1.54, 1.807) is 0 Å². The molecule has 0 spiro atoms. The van der Waals surface area contributed by atoms with Gasteiger partial charge in [-0.3, -0.25) is 9.59 Å². The van der Waals surface area contributed by atoms with Crippen molar-refractivity contribution >= 4 is 27.4 Å². The highest BCUT2D eigenvalue weighted by Gasteiger charge is 2.21. The van der Waals surface area contributed by atoms with Crippen molar-refractivity contribution in [2.45, 2.75) is 24.7 Å². The van der Waals surface area contributed by atoms with Crippen molar-refractivity contribution in [2.24, 2.45) is 5.10 Å². The third-order valence-electron chi connectivity index (χ3n) is 5.23. The van der Waals surface area contributed by atoms with Crippen LogP contribution in [0.25, 0.3) is 0 Å². The summed E-state index contributed by atoms with van der Waals surface area (Å²) in [6.07, 6.45) is 0.443. The third kappa shape index (κ3) is 6.46. The Morgan fingerprint density at radius 1 is 0.824 bits per heavy atom. The molecule has 0 radical (unpaired) electrons. The number of amides is 1. The average molecular weight is 478 g/mol. The van der Waals surface area contributed by atoms with Crippen LogP contribution in [0.1, 0.15) is 41.3 Å². The molecule has 0 atom stereocenters. The van der Waals surface area contributed by atoms with E-state index < -0.39 is 10.0 Å². The first-order valence-corrected chi connectivity index (χ1v) is 12.3. The van der Waals surface area contributed by atoms with E-state index in [4.69, 9.17) is 0 Å². The molecular formula is C26H27N3O4S. The maximum atomic E-state index is 12.7. The SMILES string of the molecule is CC(=O)c1ccc(S(=O)(=O)N(C)CCCC(=O)NN=C(c2ccccc2)c2ccccc2)cc1. The van der Waals surface area contributed by atoms with Gasteiger partial charge in [0.1, 0.15) is 0 Å². The number of carbonyl (C=O) groups excluding carboxylic acids is 2. The Kier molecular flexibility index (Phi) is 8.45. The zero-order valence-corrected chi connectivity index (χ0v) is 20.0. The summed E-state index contributed by atoms with van der Waals surface area (Å²) in [5, 5.41) is 4.34. The highest BCUT2D eigenvalue weighted by Crippen LogP contribution is 2.16. The second kappa shape index (κ2) is 11.5. The Morgan fingerprint density at radius 2 is 1.35 bits per heavy atom. The van der Waals surface area contributed by atoms with Crippen LogP contribution in [0.2, 0.25) is 0 Å². The summed E-state index contributed by atoms with van der Waals surface area (Å²) in [5.74, 6) is -0.436. The van der Waals surface area contributed by atoms with Gasteiger partial charge in [0.25, 0.3) is 0 Å². The lowest BCUT2D eigenvalue weighted by molar-refractivity contribution is -0.121. The molecule has 0 aliphatic carbocycles. The molecule has 3 aromatic carbocycles. The van der Waals surface area contributed by atoms with Gasteiger partial charge in [-0.2, -0.15) is 5.10 Å². The topological polar surface area (TPSA) is 95.9 Å². The molecule has 0 aromatic heterocycles. The first kappa shape index (κ1) is 25.0. The summed E-state index contributed by atoms with van der Waals surface area (Å²) in [6, 6.07) is 24.9. The molecule has 176 valence electrons. The fraction of sp³-hybridized carbons (Fsp3) is 0.192. The van der Waals surface area contributed by atoms with Crippen molar-refractivity contribution in [3.8, 4) is 0 Å². The number of carbonyl (C=O) groups is 2. The van der Waals surface area contributed by atoms with Crippen molar-refractivity contribution in [3.63, 3.8) is 0 Å². The normalized spacial score (nSPS) is 11.1. The Labute approximate surface area is 200 Å². The fourth-order valence-electron chi connectivity index (χ4n) is 3.29. The van der Waals surface area contributed by atoms with E-state index in [0.29, 0.717) is 17.7 Å². The molecule has 34 heavy (non-hydrogen) atoms. The number of hydrogen-bond acceptors (Lipinski definition) is 5. The van der Waals surface area contributed by atoms with E-state index >= 15 is 0 Å². The van der Waals surface area contributed by atoms with E-state index in [1.165, 1.54) is 42.5 Å². The molecule has 0 bridgehead atoms. The Hall–Kier alpha value is -3.62. The van der Waals surface area contributed by atoms with Gasteiger partial charge in [0.2, 0.25) is 15.9 Å². The van der Waals surface area contributed by atoms with Gasteiger partial charge in [-0.05, 0) is 25.5 Å². The zero-order chi connectivity index (χ0) is 24.6. The highest BCUT2D eigenvalue weighted by atomic mass is 32.2. The molecular weight excluding hydrogens is 450 g/mol. The molecule has 1 amide bonds. The van der Waals surface area contributed by atoms with Crippen LogP contribution in [0.15, 0.2) is 94.9 Å². The zero-order valence-electron chi connectivity index (χ0n) is 19.1. The van der Waals surface area contributed by atoms with Gasteiger partial charge >= 0.3 is 0 Å². The molecule has 3 aromatic rings. The summed E-state index contributed by atoms with van der Waals surface area (Å²) < 4.78 is 26.7. The van der Waals surface area contributed by atoms with Crippen LogP contribution in [0.4, 0.5) is 0 Å². The van der Waals surface area contributed by atoms with Crippen molar-refractivity contribution in [1.82, 2.24) is 9.73 Å². The predicted octanol–water partition coefficient (Wildman–Crippen LogP) is 3.86. The first-order chi connectivity index (χ1) is 16.3. The molecule has 0 aliphatic heterocycles. The van der Waals surface area contributed by atoms with Crippen LogP contribution in [-0.2, 0) is 14.8 Å². The standard InChI is InChI=1S/C26H27N3O4S/c1-20(30)21-15-17-24(18-16-21)34(32,33)29(2)19-9-14-25(31)27-28-26(22-10-5-3-6-11-22)23-12-7-4-8-13-23/h3-8,10-13,15-18H,9,14,19H2,1-2H3,(H,27,31). The number of nitrogens with one attached hydrogen (secondary N) is 1. The Bertz CT molecular complexity index is 1210. The first-order valence-electron chi connectivity index (χ1n) is 10.8. The maximum absolute atomic E-state index is 12.7. The summed E-state index contributed by atoms with van der Waals surface area (Å²) >= 11 is 0. The minimum atomic E-state index is -3.71. The number of hydrazone groups is 1. The number of benzene rings is 3. The number of hydrogen-bond donors (Lipinski definition) is 1. The quantitative estimate of drug-likeness (QED) is 0.272. The third-order valence-corrected chi connectivity index (χ3v) is 7.10. The van der Waals surface area contributed by atoms with E-state index in [-0.39, 0.29) is 29.6 Å². The van der Waals surface area contributed by atoms with Crippen LogP contribution in [0.5, 0.6) is 0 Å². The van der Waals surface area contributed by atoms with E-state index in [9.17, 15) is 18.0 Å². The average Bonchev–Trinajstić information content (AvgIpc) is 2.85. The number of nitrogens with zero attached hydrogens (tertiary/aromatic N) is 2. The van der Waals surface area contributed by atoms with Gasteiger partial charge in [-0.25, -0.2) is 18.1 Å². The van der Waals surface area contributed by atoms with Gasteiger partial charge < -0.3 is 0 Å². The summed E-state index contributed by atoms with van der Waals surface area (Å²) in [6.45, 7) is 1.59. The predicted molar refractivity (Wildman–Crippen MR) is 132 cm³/mol. The highest BCUT2D eigenvalue weighted by molar-refractivity contribution is 7.89. The second-order valence-electron chi connectivity index (χ2n) is 7.74. The van der Waals surface area contributed by atoms with Crippen molar-refractivity contribution < 1.29 is 18.0 Å². The lowest BCUT2D eigenvalue weighted by atomic mass is 10.0. The molecule has 0 fully saturated rings. The molecule has 0 saturated heterocycles. The number of ketones is 1. The monoisotopic (exact) mass is 477 g/mol. The van der Waals surface area contributed by atoms with Crippen molar-refractivity contribution in [1.29, 1.82) is 0 Å². The largest absolute Gasteiger partial charge is 0.295 e. The van der Waals surface area contributed by atoms with Gasteiger partial charge in [0.15, 0.2) is 5.78 Å². The second-order valence-corrected chi connectivity index (χ2v) is 9.78. The molecule has 1 N–H and O–H groups in total. The van der Waals surface area contributed by atoms with E-state index in [1.807, 2.05) is 60.7 Å². The minimum absolute atomic E-state index is 0.101. The van der Waals surface area contributed by atoms with Gasteiger partial charge in [0, 0.05) is 36.7 Å². The number of rotatable bonds is 10. The van der Waals surface area contributed by atoms with Crippen LogP contribution in [0.3, 0.4) is 0 Å². The molecule has 3 rings (SSSR count). The van der Waals surface area contributed by atoms with Crippen LogP contribution < -0.4 is 5.43 Å². The van der Waals surface area contributed by atoms with Crippen LogP contribution >= 0.6 is 0 Å². The van der Waals surface area contributed by atoms with E-state index in [2.05, 4.69) is 10.5 Å². The fourth-order valence-corrected chi connectivity index (χ4v) is 4.50. The summed E-state index contributed by atoms with van der Waals surface area (Å²) in [5.41, 5.74) is 5.42. The molecule has 0 unspecified atom stereocenters. The minimum Gasteiger partial charge on any atom is -0.295 e. The van der Waals surface area contributed by atoms with E-state index in [0.717, 1.165) is 11.1 Å². The summed E-state index contributed by atoms with van der Waals surface area (Å²) in [4.78, 5) is 23.9. The lowest BCUT2D eigenvalue weighted by Gasteiger charge is -2.17. The number of sulfonamides is 1. The van der Waals surface area contributed by atoms with Crippen molar-refractivity contribution in [2.75, 3.05) is 13.6 Å². The lowest BCUT2D eigenvalue weighted by Crippen LogP contribution is -2.29. The van der Waals surface area contributed by atoms with Gasteiger partial charge in [0.05, 0.1) is 10.6 Å². The molecule has 0 saturated carbocycles. The van der Waals surface area contributed by atoms with Crippen LogP contribution in [0, 0.1) is 0 Å². The molecule has 8 heteroatoms. The summed E-state index contributed by atoms with van der Waals surface area (Å²) in [7, 11) is -2.25. The smallest absolute Gasteiger partial charge is 0.242 e. The molecule has 0 heterocycles. The van der Waals surface area contributed by atoms with Gasteiger partial charge in [-0.15, -0.1) is 0 Å². The Balaban J connectivity index is 1.59. The van der Waals surface area contributed by atoms with Crippen molar-refractivity contribution in [3.05, 3.63) is 102 Å². The van der Waals surface area contributed by atoms with Gasteiger partial charge in [-0.1, -0.05) is 72.8 Å². The van der Waals surface area contributed by atoms with Crippen LogP contribution in [-0.4, -0.2) is 43.7 Å². The maximum Gasteiger partial charge on any atom is 0.242 e. The number of Topliss-reactive ketones (excluding diaryl/α,β-unsaturated/α-hetero) is 1.